The van der Waals surface area contributed by atoms with Gasteiger partial charge in [-0.25, -0.2) is 9.97 Å². The zero-order chi connectivity index (χ0) is 11.7. The number of rotatable bonds is 5. The first-order chi connectivity index (χ1) is 8.31. The van der Waals surface area contributed by atoms with Crippen molar-refractivity contribution in [2.24, 2.45) is 0 Å². The van der Waals surface area contributed by atoms with Gasteiger partial charge in [0.2, 0.25) is 5.13 Å². The lowest BCUT2D eigenvalue weighted by molar-refractivity contribution is 0.950. The fourth-order valence-electron chi connectivity index (χ4n) is 1.63. The Bertz CT molecular complexity index is 501. The monoisotopic (exact) mass is 266 g/mol. The van der Waals surface area contributed by atoms with Crippen molar-refractivity contribution >= 4 is 28.0 Å². The van der Waals surface area contributed by atoms with Crippen LogP contribution in [0.2, 0.25) is 0 Å². The van der Waals surface area contributed by atoms with Crippen LogP contribution in [0, 0.1) is 6.92 Å². The second kappa shape index (κ2) is 4.70. The van der Waals surface area contributed by atoms with Crippen LogP contribution in [0.3, 0.4) is 0 Å². The van der Waals surface area contributed by atoms with Crippen LogP contribution < -0.4 is 5.32 Å². The summed E-state index contributed by atoms with van der Waals surface area (Å²) in [4.78, 5) is 8.92. The second-order valence-electron chi connectivity index (χ2n) is 4.27. The normalized spacial score (nSPS) is 15.1. The van der Waals surface area contributed by atoms with Crippen LogP contribution in [-0.4, -0.2) is 20.9 Å². The summed E-state index contributed by atoms with van der Waals surface area (Å²) in [5.74, 6) is 1.67. The molecule has 17 heavy (non-hydrogen) atoms. The topological polar surface area (TPSA) is 50.7 Å². The van der Waals surface area contributed by atoms with E-state index in [1.807, 2.05) is 6.92 Å². The smallest absolute Gasteiger partial charge is 0.202 e. The first kappa shape index (κ1) is 11.1. The third-order valence-electron chi connectivity index (χ3n) is 2.71. The van der Waals surface area contributed by atoms with Gasteiger partial charge in [0.1, 0.15) is 5.82 Å². The maximum Gasteiger partial charge on any atom is 0.202 e. The highest BCUT2D eigenvalue weighted by Gasteiger charge is 2.27. The van der Waals surface area contributed by atoms with E-state index >= 15 is 0 Å². The van der Waals surface area contributed by atoms with Gasteiger partial charge in [0, 0.05) is 35.8 Å². The Morgan fingerprint density at radius 2 is 2.29 bits per heavy atom. The molecule has 0 amide bonds. The molecule has 1 N–H and O–H groups in total. The number of hydrogen-bond donors (Lipinski definition) is 1. The number of aryl methyl sites for hydroxylation is 1. The van der Waals surface area contributed by atoms with Gasteiger partial charge >= 0.3 is 0 Å². The molecule has 1 fully saturated rings. The average molecular weight is 266 g/mol. The molecule has 0 bridgehead atoms. The zero-order valence-electron chi connectivity index (χ0n) is 9.64. The highest BCUT2D eigenvalue weighted by molar-refractivity contribution is 7.09. The van der Waals surface area contributed by atoms with E-state index in [4.69, 9.17) is 0 Å². The van der Waals surface area contributed by atoms with Gasteiger partial charge in [-0.3, -0.25) is 0 Å². The van der Waals surface area contributed by atoms with Crippen LogP contribution in [-0.2, 0) is 6.42 Å². The van der Waals surface area contributed by atoms with Gasteiger partial charge in [-0.05, 0) is 19.8 Å². The minimum absolute atomic E-state index is 0.642. The van der Waals surface area contributed by atoms with E-state index in [1.165, 1.54) is 24.4 Å². The molecule has 0 spiro atoms. The molecule has 1 aliphatic rings. The molecule has 3 rings (SSSR count). The first-order valence-electron chi connectivity index (χ1n) is 5.80. The van der Waals surface area contributed by atoms with Crippen LogP contribution in [0.15, 0.2) is 5.38 Å². The Labute approximate surface area is 108 Å². The van der Waals surface area contributed by atoms with Gasteiger partial charge < -0.3 is 5.32 Å². The molecule has 2 aromatic heterocycles. The molecule has 0 radical (unpaired) electrons. The number of nitrogens with zero attached hydrogens (tertiary/aromatic N) is 3. The van der Waals surface area contributed by atoms with Crippen LogP contribution in [0.1, 0.15) is 35.3 Å². The van der Waals surface area contributed by atoms with E-state index < -0.39 is 0 Å². The largest absolute Gasteiger partial charge is 0.360 e. The lowest BCUT2D eigenvalue weighted by Crippen LogP contribution is -2.04. The van der Waals surface area contributed by atoms with Crippen molar-refractivity contribution in [2.45, 2.75) is 32.1 Å². The van der Waals surface area contributed by atoms with Gasteiger partial charge in [0.25, 0.3) is 0 Å². The van der Waals surface area contributed by atoms with Crippen molar-refractivity contribution in [1.29, 1.82) is 0 Å². The van der Waals surface area contributed by atoms with Gasteiger partial charge in [-0.15, -0.1) is 11.3 Å². The summed E-state index contributed by atoms with van der Waals surface area (Å²) in [6.45, 7) is 2.91. The number of hydrogen-bond acceptors (Lipinski definition) is 6. The van der Waals surface area contributed by atoms with E-state index in [-0.39, 0.29) is 0 Å². The van der Waals surface area contributed by atoms with Crippen molar-refractivity contribution < 1.29 is 0 Å². The quantitative estimate of drug-likeness (QED) is 0.904. The summed E-state index contributed by atoms with van der Waals surface area (Å²) in [5.41, 5.74) is 1.16. The molecule has 0 aliphatic heterocycles. The minimum Gasteiger partial charge on any atom is -0.360 e. The summed E-state index contributed by atoms with van der Waals surface area (Å²) < 4.78 is 4.36. The zero-order valence-corrected chi connectivity index (χ0v) is 11.3. The van der Waals surface area contributed by atoms with E-state index in [9.17, 15) is 0 Å². The maximum absolute atomic E-state index is 4.49. The lowest BCUT2D eigenvalue weighted by atomic mass is 10.3. The van der Waals surface area contributed by atoms with E-state index in [0.29, 0.717) is 5.92 Å². The number of aromatic nitrogens is 3. The fraction of sp³-hybridized carbons (Fsp3) is 0.545. The molecule has 1 saturated carbocycles. The van der Waals surface area contributed by atoms with Crippen LogP contribution in [0.4, 0.5) is 5.13 Å². The summed E-state index contributed by atoms with van der Waals surface area (Å²) in [6.07, 6.45) is 3.46. The number of thiazole rings is 1. The van der Waals surface area contributed by atoms with Crippen molar-refractivity contribution in [2.75, 3.05) is 11.9 Å². The van der Waals surface area contributed by atoms with Gasteiger partial charge in [0.05, 0.1) is 10.7 Å². The fourth-order valence-corrected chi connectivity index (χ4v) is 2.95. The molecule has 2 heterocycles. The second-order valence-corrected chi connectivity index (χ2v) is 6.08. The molecule has 0 aromatic carbocycles. The van der Waals surface area contributed by atoms with Crippen LogP contribution in [0.25, 0.3) is 0 Å². The molecular formula is C11H14N4S2. The van der Waals surface area contributed by atoms with Crippen LogP contribution in [0.5, 0.6) is 0 Å². The molecule has 1 aliphatic carbocycles. The maximum atomic E-state index is 4.49. The lowest BCUT2D eigenvalue weighted by Gasteiger charge is -1.98. The van der Waals surface area contributed by atoms with Crippen molar-refractivity contribution in [1.82, 2.24) is 14.3 Å². The highest BCUT2D eigenvalue weighted by atomic mass is 32.1. The summed E-state index contributed by atoms with van der Waals surface area (Å²) in [7, 11) is 0. The summed E-state index contributed by atoms with van der Waals surface area (Å²) >= 11 is 3.17. The molecule has 2 aromatic rings. The van der Waals surface area contributed by atoms with Gasteiger partial charge in [0.15, 0.2) is 0 Å². The summed E-state index contributed by atoms with van der Waals surface area (Å²) in [5, 5.41) is 7.51. The van der Waals surface area contributed by atoms with E-state index in [1.54, 1.807) is 11.3 Å². The molecular weight excluding hydrogens is 252 g/mol. The molecule has 0 atom stereocenters. The highest BCUT2D eigenvalue weighted by Crippen LogP contribution is 2.39. The Morgan fingerprint density at radius 3 is 3.00 bits per heavy atom. The Kier molecular flexibility index (Phi) is 3.07. The molecule has 90 valence electrons. The average Bonchev–Trinajstić information content (AvgIpc) is 2.93. The number of anilines is 1. The Hall–Kier alpha value is -1.01. The van der Waals surface area contributed by atoms with Gasteiger partial charge in [-0.2, -0.15) is 4.37 Å². The summed E-state index contributed by atoms with van der Waals surface area (Å²) in [6, 6.07) is 0. The van der Waals surface area contributed by atoms with Crippen molar-refractivity contribution in [3.05, 3.63) is 21.9 Å². The minimum atomic E-state index is 0.642. The third-order valence-corrected chi connectivity index (χ3v) is 4.22. The molecule has 0 saturated heterocycles. The SMILES string of the molecule is Cc1nc(CCNc2nc(C3CC3)ns2)cs1. The van der Waals surface area contributed by atoms with Crippen molar-refractivity contribution in [3.63, 3.8) is 0 Å². The third kappa shape index (κ3) is 2.81. The van der Waals surface area contributed by atoms with Gasteiger partial charge in [-0.1, -0.05) is 0 Å². The molecule has 0 unspecified atom stereocenters. The first-order valence-corrected chi connectivity index (χ1v) is 7.45. The molecule has 4 nitrogen and oxygen atoms in total. The Balaban J connectivity index is 1.49. The van der Waals surface area contributed by atoms with E-state index in [2.05, 4.69) is 25.0 Å². The Morgan fingerprint density at radius 1 is 1.41 bits per heavy atom. The van der Waals surface area contributed by atoms with E-state index in [0.717, 1.165) is 34.6 Å². The number of nitrogens with one attached hydrogen (secondary N) is 1. The predicted octanol–water partition coefficient (Wildman–Crippen LogP) is 2.84. The predicted molar refractivity (Wildman–Crippen MR) is 70.9 cm³/mol. The van der Waals surface area contributed by atoms with Crippen LogP contribution >= 0.6 is 22.9 Å². The van der Waals surface area contributed by atoms with Crippen molar-refractivity contribution in [3.8, 4) is 0 Å². The standard InChI is InChI=1S/C11H14N4S2/c1-7-13-9(6-16-7)4-5-12-11-14-10(15-17-11)8-2-3-8/h6,8H,2-5H2,1H3,(H,12,14,15). The molecule has 6 heteroatoms.